The van der Waals surface area contributed by atoms with Crippen LogP contribution in [0.1, 0.15) is 6.92 Å². The van der Waals surface area contributed by atoms with Gasteiger partial charge in [-0.25, -0.2) is 0 Å². The predicted octanol–water partition coefficient (Wildman–Crippen LogP) is -0.446. The van der Waals surface area contributed by atoms with Crippen molar-refractivity contribution in [1.29, 1.82) is 0 Å². The van der Waals surface area contributed by atoms with E-state index >= 15 is 0 Å². The molecule has 0 aliphatic carbocycles. The SMILES string of the molecule is CC(COCC(O)CO)CN(C)C. The summed E-state index contributed by atoms with van der Waals surface area (Å²) in [7, 11) is 4.03. The van der Waals surface area contributed by atoms with Crippen molar-refractivity contribution in [3.8, 4) is 0 Å². The molecule has 13 heavy (non-hydrogen) atoms. The molecular weight excluding hydrogens is 170 g/mol. The maximum atomic E-state index is 8.97. The Labute approximate surface area is 80.1 Å². The first-order valence-corrected chi connectivity index (χ1v) is 4.57. The standard InChI is InChI=1S/C9H21NO3/c1-8(4-10(2)3)6-13-7-9(12)5-11/h8-9,11-12H,4-7H2,1-3H3. The highest BCUT2D eigenvalue weighted by molar-refractivity contribution is 4.56. The van der Waals surface area contributed by atoms with E-state index in [0.29, 0.717) is 12.5 Å². The minimum Gasteiger partial charge on any atom is -0.394 e. The molecule has 0 fully saturated rings. The molecular formula is C9H21NO3. The molecule has 0 aliphatic heterocycles. The molecule has 0 spiro atoms. The summed E-state index contributed by atoms with van der Waals surface area (Å²) in [4.78, 5) is 2.09. The number of aliphatic hydroxyl groups excluding tert-OH is 2. The minimum absolute atomic E-state index is 0.217. The zero-order valence-corrected chi connectivity index (χ0v) is 8.73. The maximum absolute atomic E-state index is 8.97. The Kier molecular flexibility index (Phi) is 7.17. The quantitative estimate of drug-likeness (QED) is 0.572. The van der Waals surface area contributed by atoms with Gasteiger partial charge in [-0.1, -0.05) is 6.92 Å². The zero-order valence-electron chi connectivity index (χ0n) is 8.73. The van der Waals surface area contributed by atoms with E-state index in [4.69, 9.17) is 14.9 Å². The summed E-state index contributed by atoms with van der Waals surface area (Å²) in [6, 6.07) is 0. The number of rotatable bonds is 7. The van der Waals surface area contributed by atoms with E-state index in [-0.39, 0.29) is 13.2 Å². The Morgan fingerprint density at radius 1 is 1.31 bits per heavy atom. The molecule has 0 aliphatic rings. The number of hydrogen-bond donors (Lipinski definition) is 2. The number of hydrogen-bond acceptors (Lipinski definition) is 4. The molecule has 2 N–H and O–H groups in total. The molecule has 0 aromatic heterocycles. The van der Waals surface area contributed by atoms with Gasteiger partial charge < -0.3 is 19.8 Å². The van der Waals surface area contributed by atoms with E-state index in [9.17, 15) is 0 Å². The van der Waals surface area contributed by atoms with E-state index in [0.717, 1.165) is 6.54 Å². The molecule has 0 bridgehead atoms. The van der Waals surface area contributed by atoms with Crippen molar-refractivity contribution < 1.29 is 14.9 Å². The van der Waals surface area contributed by atoms with Gasteiger partial charge in [0.25, 0.3) is 0 Å². The van der Waals surface area contributed by atoms with E-state index in [2.05, 4.69) is 11.8 Å². The second-order valence-corrected chi connectivity index (χ2v) is 3.74. The Balaban J connectivity index is 3.31. The molecule has 0 aromatic carbocycles. The average molecular weight is 191 g/mol. The highest BCUT2D eigenvalue weighted by Crippen LogP contribution is 1.97. The molecule has 4 nitrogen and oxygen atoms in total. The lowest BCUT2D eigenvalue weighted by Crippen LogP contribution is -2.26. The van der Waals surface area contributed by atoms with Gasteiger partial charge in [0.05, 0.1) is 19.8 Å². The Bertz CT molecular complexity index is 119. The van der Waals surface area contributed by atoms with Gasteiger partial charge in [0.1, 0.15) is 6.10 Å². The van der Waals surface area contributed by atoms with Crippen LogP contribution in [0.5, 0.6) is 0 Å². The first-order chi connectivity index (χ1) is 6.06. The van der Waals surface area contributed by atoms with Gasteiger partial charge in [0, 0.05) is 6.54 Å². The van der Waals surface area contributed by atoms with Crippen LogP contribution in [0.4, 0.5) is 0 Å². The smallest absolute Gasteiger partial charge is 0.100 e. The fourth-order valence-corrected chi connectivity index (χ4v) is 1.13. The van der Waals surface area contributed by atoms with Gasteiger partial charge in [-0.05, 0) is 20.0 Å². The number of aliphatic hydroxyl groups is 2. The van der Waals surface area contributed by atoms with Crippen LogP contribution in [0, 0.1) is 5.92 Å². The van der Waals surface area contributed by atoms with Gasteiger partial charge in [0.15, 0.2) is 0 Å². The van der Waals surface area contributed by atoms with Crippen LogP contribution in [0.15, 0.2) is 0 Å². The molecule has 2 atom stereocenters. The van der Waals surface area contributed by atoms with Crippen molar-refractivity contribution in [2.45, 2.75) is 13.0 Å². The molecule has 0 radical (unpaired) electrons. The van der Waals surface area contributed by atoms with Crippen LogP contribution in [0.2, 0.25) is 0 Å². The third-order valence-electron chi connectivity index (χ3n) is 1.60. The van der Waals surface area contributed by atoms with Crippen molar-refractivity contribution in [1.82, 2.24) is 4.90 Å². The van der Waals surface area contributed by atoms with Gasteiger partial charge in [0.2, 0.25) is 0 Å². The molecule has 0 heterocycles. The topological polar surface area (TPSA) is 52.9 Å². The maximum Gasteiger partial charge on any atom is 0.100 e. The van der Waals surface area contributed by atoms with Gasteiger partial charge in [-0.15, -0.1) is 0 Å². The zero-order chi connectivity index (χ0) is 10.3. The average Bonchev–Trinajstić information content (AvgIpc) is 2.02. The van der Waals surface area contributed by atoms with E-state index in [1.165, 1.54) is 0 Å². The second kappa shape index (κ2) is 7.26. The minimum atomic E-state index is -0.744. The first kappa shape index (κ1) is 12.8. The normalized spacial score (nSPS) is 16.2. The fourth-order valence-electron chi connectivity index (χ4n) is 1.13. The molecule has 0 saturated heterocycles. The summed E-state index contributed by atoms with van der Waals surface area (Å²) in [6.45, 7) is 3.66. The lowest BCUT2D eigenvalue weighted by atomic mass is 10.2. The van der Waals surface area contributed by atoms with Crippen molar-refractivity contribution in [3.05, 3.63) is 0 Å². The summed E-state index contributed by atoms with van der Waals surface area (Å²) < 4.78 is 5.21. The molecule has 0 aromatic rings. The summed E-state index contributed by atoms with van der Waals surface area (Å²) in [6.07, 6.45) is -0.744. The van der Waals surface area contributed by atoms with Crippen LogP contribution in [0.25, 0.3) is 0 Å². The largest absolute Gasteiger partial charge is 0.394 e. The van der Waals surface area contributed by atoms with Crippen LogP contribution < -0.4 is 0 Å². The lowest BCUT2D eigenvalue weighted by molar-refractivity contribution is -0.00492. The third kappa shape index (κ3) is 8.18. The van der Waals surface area contributed by atoms with E-state index in [1.54, 1.807) is 0 Å². The number of nitrogens with zero attached hydrogens (tertiary/aromatic N) is 1. The van der Waals surface area contributed by atoms with E-state index in [1.807, 2.05) is 14.1 Å². The molecule has 80 valence electrons. The van der Waals surface area contributed by atoms with Crippen LogP contribution in [0.3, 0.4) is 0 Å². The van der Waals surface area contributed by atoms with Crippen molar-refractivity contribution in [3.63, 3.8) is 0 Å². The molecule has 4 heteroatoms. The summed E-state index contributed by atoms with van der Waals surface area (Å²) in [5.74, 6) is 0.445. The van der Waals surface area contributed by atoms with Gasteiger partial charge >= 0.3 is 0 Å². The van der Waals surface area contributed by atoms with Crippen molar-refractivity contribution in [2.24, 2.45) is 5.92 Å². The summed E-state index contributed by atoms with van der Waals surface area (Å²) in [5.41, 5.74) is 0. The molecule has 0 saturated carbocycles. The van der Waals surface area contributed by atoms with Crippen LogP contribution in [-0.2, 0) is 4.74 Å². The monoisotopic (exact) mass is 191 g/mol. The first-order valence-electron chi connectivity index (χ1n) is 4.57. The van der Waals surface area contributed by atoms with E-state index < -0.39 is 6.10 Å². The highest BCUT2D eigenvalue weighted by atomic mass is 16.5. The molecule has 0 amide bonds. The highest BCUT2D eigenvalue weighted by Gasteiger charge is 2.06. The molecule has 0 rings (SSSR count). The van der Waals surface area contributed by atoms with Crippen molar-refractivity contribution in [2.75, 3.05) is 40.5 Å². The lowest BCUT2D eigenvalue weighted by Gasteiger charge is -2.17. The predicted molar refractivity (Wildman–Crippen MR) is 51.6 cm³/mol. The Morgan fingerprint density at radius 2 is 1.92 bits per heavy atom. The summed E-state index contributed by atoms with van der Waals surface area (Å²) >= 11 is 0. The van der Waals surface area contributed by atoms with Gasteiger partial charge in [-0.2, -0.15) is 0 Å². The third-order valence-corrected chi connectivity index (χ3v) is 1.60. The summed E-state index contributed by atoms with van der Waals surface area (Å²) in [5, 5.41) is 17.5. The second-order valence-electron chi connectivity index (χ2n) is 3.74. The Hall–Kier alpha value is -0.160. The molecule has 2 unspecified atom stereocenters. The Morgan fingerprint density at radius 3 is 2.38 bits per heavy atom. The fraction of sp³-hybridized carbons (Fsp3) is 1.00. The van der Waals surface area contributed by atoms with Crippen molar-refractivity contribution >= 4 is 0 Å². The number of ether oxygens (including phenoxy) is 1. The van der Waals surface area contributed by atoms with Gasteiger partial charge in [-0.3, -0.25) is 0 Å². The van der Waals surface area contributed by atoms with Crippen LogP contribution >= 0.6 is 0 Å². The van der Waals surface area contributed by atoms with Crippen LogP contribution in [-0.4, -0.2) is 61.7 Å².